The van der Waals surface area contributed by atoms with Gasteiger partial charge in [0.25, 0.3) is 0 Å². The third-order valence-electron chi connectivity index (χ3n) is 13.1. The lowest BCUT2D eigenvalue weighted by molar-refractivity contribution is -0.161. The average molecular weight is 1040 g/mol. The van der Waals surface area contributed by atoms with E-state index in [0.717, 1.165) is 77.0 Å². The summed E-state index contributed by atoms with van der Waals surface area (Å²) < 4.78 is 33.1. The van der Waals surface area contributed by atoms with Gasteiger partial charge in [0.05, 0.1) is 13.2 Å². The third kappa shape index (κ3) is 58.6. The van der Waals surface area contributed by atoms with Crippen molar-refractivity contribution in [2.24, 2.45) is 5.73 Å². The van der Waals surface area contributed by atoms with E-state index >= 15 is 0 Å². The highest BCUT2D eigenvalue weighted by molar-refractivity contribution is 7.47. The second-order valence-electron chi connectivity index (χ2n) is 20.2. The van der Waals surface area contributed by atoms with E-state index in [1.54, 1.807) is 0 Å². The Morgan fingerprint density at radius 3 is 1.05 bits per heavy atom. The Labute approximate surface area is 450 Å². The van der Waals surface area contributed by atoms with Crippen LogP contribution in [-0.2, 0) is 32.7 Å². The Balaban J connectivity index is 3.97. The van der Waals surface area contributed by atoms with Crippen LogP contribution >= 0.6 is 7.82 Å². The molecule has 424 valence electrons. The summed E-state index contributed by atoms with van der Waals surface area (Å²) in [7, 11) is -4.39. The molecule has 73 heavy (non-hydrogen) atoms. The van der Waals surface area contributed by atoms with E-state index in [-0.39, 0.29) is 38.6 Å². The fraction of sp³-hybridized carbons (Fsp3) is 0.778. The summed E-state index contributed by atoms with van der Waals surface area (Å²) in [5, 5.41) is 0. The zero-order chi connectivity index (χ0) is 53.1. The maximum atomic E-state index is 12.7. The van der Waals surface area contributed by atoms with Crippen molar-refractivity contribution < 1.29 is 37.6 Å². The second-order valence-corrected chi connectivity index (χ2v) is 21.7. The standard InChI is InChI=1S/C63H114NO8P/c1-3-5-7-9-11-13-15-17-19-21-23-25-27-28-29-30-31-32-34-36-38-40-42-44-46-48-50-52-54-56-63(66)72-61(60-71-73(67,68)70-58-57-64)59-69-62(65)55-53-51-49-47-45-43-41-39-37-35-33-26-24-22-20-18-16-14-12-10-8-6-4-2/h15-18,21-24,27-28,33,35,61H,3-14,19-20,25-26,29-32,34,36-60,64H2,1-2H3,(H,67,68)/b17-15-,18-16-,23-21-,24-22-,28-27-,35-33-. The third-order valence-corrected chi connectivity index (χ3v) is 14.0. The fourth-order valence-corrected chi connectivity index (χ4v) is 9.30. The van der Waals surface area contributed by atoms with Crippen LogP contribution in [0.5, 0.6) is 0 Å². The molecule has 0 heterocycles. The highest BCUT2D eigenvalue weighted by Crippen LogP contribution is 2.43. The highest BCUT2D eigenvalue weighted by atomic mass is 31.2. The largest absolute Gasteiger partial charge is 0.472 e. The van der Waals surface area contributed by atoms with E-state index in [1.165, 1.54) is 173 Å². The molecule has 2 atom stereocenters. The van der Waals surface area contributed by atoms with Crippen LogP contribution in [0.25, 0.3) is 0 Å². The van der Waals surface area contributed by atoms with Crippen LogP contribution in [0.3, 0.4) is 0 Å². The molecule has 0 aliphatic heterocycles. The number of phosphoric ester groups is 1. The van der Waals surface area contributed by atoms with Gasteiger partial charge in [-0.15, -0.1) is 0 Å². The summed E-state index contributed by atoms with van der Waals surface area (Å²) in [6.45, 7) is 3.74. The molecule has 0 aliphatic rings. The van der Waals surface area contributed by atoms with Gasteiger partial charge in [0.1, 0.15) is 6.61 Å². The maximum absolute atomic E-state index is 12.7. The Kier molecular flexibility index (Phi) is 56.7. The molecule has 0 aliphatic carbocycles. The van der Waals surface area contributed by atoms with Crippen molar-refractivity contribution in [3.8, 4) is 0 Å². The summed E-state index contributed by atoms with van der Waals surface area (Å²) in [6, 6.07) is 0. The van der Waals surface area contributed by atoms with Crippen molar-refractivity contribution in [2.75, 3.05) is 26.4 Å². The molecule has 0 rings (SSSR count). The number of hydrogen-bond acceptors (Lipinski definition) is 8. The monoisotopic (exact) mass is 1040 g/mol. The van der Waals surface area contributed by atoms with E-state index in [4.69, 9.17) is 24.3 Å². The summed E-state index contributed by atoms with van der Waals surface area (Å²) in [4.78, 5) is 35.2. The van der Waals surface area contributed by atoms with Gasteiger partial charge in [-0.05, 0) is 89.9 Å². The van der Waals surface area contributed by atoms with E-state index in [0.29, 0.717) is 6.42 Å². The van der Waals surface area contributed by atoms with Crippen molar-refractivity contribution in [1.82, 2.24) is 0 Å². The van der Waals surface area contributed by atoms with E-state index in [9.17, 15) is 19.0 Å². The normalized spacial score (nSPS) is 13.5. The highest BCUT2D eigenvalue weighted by Gasteiger charge is 2.26. The molecule has 0 aromatic heterocycles. The maximum Gasteiger partial charge on any atom is 0.472 e. The molecule has 0 radical (unpaired) electrons. The van der Waals surface area contributed by atoms with Gasteiger partial charge in [0.2, 0.25) is 0 Å². The Morgan fingerprint density at radius 2 is 0.712 bits per heavy atom. The molecule has 0 fully saturated rings. The first-order chi connectivity index (χ1) is 35.8. The van der Waals surface area contributed by atoms with Crippen LogP contribution in [0.15, 0.2) is 72.9 Å². The fourth-order valence-electron chi connectivity index (χ4n) is 8.53. The first kappa shape index (κ1) is 70.5. The minimum atomic E-state index is -4.39. The average Bonchev–Trinajstić information content (AvgIpc) is 3.38. The van der Waals surface area contributed by atoms with E-state index in [2.05, 4.69) is 86.8 Å². The van der Waals surface area contributed by atoms with E-state index < -0.39 is 26.5 Å². The summed E-state index contributed by atoms with van der Waals surface area (Å²) in [6.07, 6.45) is 75.3. The number of hydrogen-bond donors (Lipinski definition) is 2. The first-order valence-electron chi connectivity index (χ1n) is 30.4. The lowest BCUT2D eigenvalue weighted by atomic mass is 10.0. The summed E-state index contributed by atoms with van der Waals surface area (Å²) in [5.74, 6) is -0.831. The molecular weight excluding hydrogens is 930 g/mol. The molecule has 0 aromatic carbocycles. The Morgan fingerprint density at radius 1 is 0.411 bits per heavy atom. The van der Waals surface area contributed by atoms with Gasteiger partial charge < -0.3 is 20.1 Å². The molecule has 3 N–H and O–H groups in total. The van der Waals surface area contributed by atoms with Gasteiger partial charge in [-0.2, -0.15) is 0 Å². The molecule has 0 aromatic rings. The number of allylic oxidation sites excluding steroid dienone is 12. The van der Waals surface area contributed by atoms with Crippen molar-refractivity contribution in [1.29, 1.82) is 0 Å². The van der Waals surface area contributed by atoms with Crippen LogP contribution in [-0.4, -0.2) is 49.3 Å². The molecule has 2 unspecified atom stereocenters. The number of ether oxygens (including phenoxy) is 2. The van der Waals surface area contributed by atoms with Gasteiger partial charge in [0, 0.05) is 19.4 Å². The number of carbonyl (C=O) groups excluding carboxylic acids is 2. The molecule has 9 nitrogen and oxygen atoms in total. The van der Waals surface area contributed by atoms with Crippen LogP contribution in [0, 0.1) is 0 Å². The van der Waals surface area contributed by atoms with Crippen molar-refractivity contribution in [3.05, 3.63) is 72.9 Å². The molecular formula is C63H114NO8P. The number of unbranched alkanes of at least 4 members (excludes halogenated alkanes) is 32. The Bertz CT molecular complexity index is 1420. The van der Waals surface area contributed by atoms with Crippen molar-refractivity contribution >= 4 is 19.8 Å². The number of esters is 2. The molecule has 10 heteroatoms. The summed E-state index contributed by atoms with van der Waals surface area (Å²) in [5.41, 5.74) is 5.39. The quantitative estimate of drug-likeness (QED) is 0.0264. The van der Waals surface area contributed by atoms with Gasteiger partial charge in [-0.25, -0.2) is 4.57 Å². The predicted molar refractivity (Wildman–Crippen MR) is 312 cm³/mol. The smallest absolute Gasteiger partial charge is 0.462 e. The summed E-state index contributed by atoms with van der Waals surface area (Å²) >= 11 is 0. The molecule has 0 saturated heterocycles. The molecule has 0 amide bonds. The van der Waals surface area contributed by atoms with Crippen molar-refractivity contribution in [2.45, 2.75) is 290 Å². The number of rotatable bonds is 57. The molecule has 0 saturated carbocycles. The van der Waals surface area contributed by atoms with Gasteiger partial charge in [0.15, 0.2) is 6.10 Å². The van der Waals surface area contributed by atoms with Crippen LogP contribution < -0.4 is 5.73 Å². The first-order valence-corrected chi connectivity index (χ1v) is 31.9. The lowest BCUT2D eigenvalue weighted by Crippen LogP contribution is -2.29. The van der Waals surface area contributed by atoms with Crippen LogP contribution in [0.2, 0.25) is 0 Å². The van der Waals surface area contributed by atoms with E-state index in [1.807, 2.05) is 0 Å². The minimum absolute atomic E-state index is 0.0501. The lowest BCUT2D eigenvalue weighted by Gasteiger charge is -2.19. The van der Waals surface area contributed by atoms with Crippen molar-refractivity contribution in [3.63, 3.8) is 0 Å². The topological polar surface area (TPSA) is 134 Å². The molecule has 0 bridgehead atoms. The SMILES string of the molecule is CCCCCCC/C=C\C/C=C\C/C=C\CCCCCCCCCCCCCCCCC(=O)OC(COC(=O)CCCCCCCCCC/C=C\C/C=C\C/C=C\CCCCCCC)COP(=O)(O)OCCN. The number of carbonyl (C=O) groups is 2. The zero-order valence-corrected chi connectivity index (χ0v) is 48.3. The second kappa shape index (κ2) is 58.7. The molecule has 0 spiro atoms. The van der Waals surface area contributed by atoms with Gasteiger partial charge in [-0.3, -0.25) is 18.6 Å². The van der Waals surface area contributed by atoms with Crippen LogP contribution in [0.4, 0.5) is 0 Å². The Hall–Kier alpha value is -2.55. The zero-order valence-electron chi connectivity index (χ0n) is 47.4. The number of phosphoric acid groups is 1. The number of nitrogens with two attached hydrogens (primary N) is 1. The minimum Gasteiger partial charge on any atom is -0.462 e. The van der Waals surface area contributed by atoms with Gasteiger partial charge >= 0.3 is 19.8 Å². The van der Waals surface area contributed by atoms with Gasteiger partial charge in [-0.1, -0.05) is 254 Å². The van der Waals surface area contributed by atoms with Crippen LogP contribution in [0.1, 0.15) is 284 Å². The predicted octanol–water partition coefficient (Wildman–Crippen LogP) is 19.3.